The molecule has 2 aliphatic rings. The molecule has 0 radical (unpaired) electrons. The Labute approximate surface area is 134 Å². The van der Waals surface area contributed by atoms with E-state index in [0.29, 0.717) is 6.04 Å². The Hall–Kier alpha value is -0.480. The molecule has 1 aromatic rings. The molecular formula is C16H21BrN2S. The van der Waals surface area contributed by atoms with Crippen LogP contribution in [0.5, 0.6) is 0 Å². The summed E-state index contributed by atoms with van der Waals surface area (Å²) in [5.41, 5.74) is 2.55. The van der Waals surface area contributed by atoms with Crippen LogP contribution in [0.3, 0.4) is 0 Å². The van der Waals surface area contributed by atoms with Gasteiger partial charge in [-0.25, -0.2) is 0 Å². The zero-order valence-electron chi connectivity index (χ0n) is 11.9. The van der Waals surface area contributed by atoms with E-state index in [1.165, 1.54) is 42.7 Å². The topological polar surface area (TPSA) is 24.4 Å². The molecule has 1 N–H and O–H groups in total. The molecule has 1 aromatic carbocycles. The molecular weight excluding hydrogens is 332 g/mol. The van der Waals surface area contributed by atoms with E-state index in [1.807, 2.05) is 11.8 Å². The third-order valence-electron chi connectivity index (χ3n) is 4.28. The van der Waals surface area contributed by atoms with Gasteiger partial charge in [0.25, 0.3) is 0 Å². The second kappa shape index (κ2) is 6.52. The minimum absolute atomic E-state index is 0.563. The standard InChI is InChI=1S/C16H21BrN2S/c1-2-11-9-13(17)7-8-15(11)19-16-18-14-6-4-3-5-12(14)10-20-16/h7-9,12,14H,2-6,10H2,1H3,(H,18,19). The van der Waals surface area contributed by atoms with Gasteiger partial charge in [0.15, 0.2) is 5.17 Å². The molecule has 3 rings (SSSR count). The highest BCUT2D eigenvalue weighted by molar-refractivity contribution is 9.10. The van der Waals surface area contributed by atoms with E-state index in [4.69, 9.17) is 4.99 Å². The molecule has 1 saturated carbocycles. The van der Waals surface area contributed by atoms with E-state index in [2.05, 4.69) is 46.4 Å². The van der Waals surface area contributed by atoms with E-state index in [0.717, 1.165) is 22.0 Å². The molecule has 2 unspecified atom stereocenters. The van der Waals surface area contributed by atoms with Crippen LogP contribution in [0.15, 0.2) is 27.7 Å². The SMILES string of the molecule is CCc1cc(Br)ccc1NC1=NC2CCCCC2CS1. The van der Waals surface area contributed by atoms with Crippen LogP contribution in [-0.4, -0.2) is 17.0 Å². The van der Waals surface area contributed by atoms with Crippen molar-refractivity contribution in [2.75, 3.05) is 11.1 Å². The molecule has 0 spiro atoms. The van der Waals surface area contributed by atoms with E-state index in [-0.39, 0.29) is 0 Å². The predicted molar refractivity (Wildman–Crippen MR) is 92.8 cm³/mol. The number of benzene rings is 1. The average molecular weight is 353 g/mol. The Morgan fingerprint density at radius 1 is 1.35 bits per heavy atom. The maximum absolute atomic E-state index is 4.95. The second-order valence-electron chi connectivity index (χ2n) is 5.64. The highest BCUT2D eigenvalue weighted by Gasteiger charge is 2.29. The van der Waals surface area contributed by atoms with E-state index < -0.39 is 0 Å². The number of hydrogen-bond acceptors (Lipinski definition) is 3. The number of aliphatic imine (C=N–C) groups is 1. The summed E-state index contributed by atoms with van der Waals surface area (Å²) in [6.45, 7) is 2.19. The minimum Gasteiger partial charge on any atom is -0.335 e. The van der Waals surface area contributed by atoms with Crippen LogP contribution in [0.4, 0.5) is 5.69 Å². The van der Waals surface area contributed by atoms with Crippen LogP contribution < -0.4 is 5.32 Å². The summed E-state index contributed by atoms with van der Waals surface area (Å²) >= 11 is 5.44. The lowest BCUT2D eigenvalue weighted by Crippen LogP contribution is -2.31. The number of fused-ring (bicyclic) bond motifs is 1. The van der Waals surface area contributed by atoms with Crippen LogP contribution in [0, 0.1) is 5.92 Å². The molecule has 1 fully saturated rings. The molecule has 0 amide bonds. The Morgan fingerprint density at radius 3 is 3.05 bits per heavy atom. The predicted octanol–water partition coefficient (Wildman–Crippen LogP) is 5.09. The lowest BCUT2D eigenvalue weighted by molar-refractivity contribution is 0.336. The Bertz CT molecular complexity index is 515. The fraction of sp³-hybridized carbons (Fsp3) is 0.562. The third-order valence-corrected chi connectivity index (χ3v) is 5.84. The summed E-state index contributed by atoms with van der Waals surface area (Å²) in [5, 5.41) is 4.67. The zero-order chi connectivity index (χ0) is 13.9. The normalized spacial score (nSPS) is 25.8. The van der Waals surface area contributed by atoms with Gasteiger partial charge in [-0.1, -0.05) is 47.5 Å². The summed E-state index contributed by atoms with van der Waals surface area (Å²) in [5.74, 6) is 2.05. The van der Waals surface area contributed by atoms with Crippen molar-refractivity contribution in [1.82, 2.24) is 0 Å². The van der Waals surface area contributed by atoms with Crippen LogP contribution >= 0.6 is 27.7 Å². The molecule has 1 aliphatic carbocycles. The van der Waals surface area contributed by atoms with Crippen LogP contribution in [0.25, 0.3) is 0 Å². The van der Waals surface area contributed by atoms with Gasteiger partial charge < -0.3 is 5.32 Å². The number of amidine groups is 1. The molecule has 0 bridgehead atoms. The fourth-order valence-electron chi connectivity index (χ4n) is 3.09. The highest BCUT2D eigenvalue weighted by atomic mass is 79.9. The van der Waals surface area contributed by atoms with E-state index in [9.17, 15) is 0 Å². The van der Waals surface area contributed by atoms with E-state index in [1.54, 1.807) is 0 Å². The number of nitrogens with zero attached hydrogens (tertiary/aromatic N) is 1. The largest absolute Gasteiger partial charge is 0.335 e. The fourth-order valence-corrected chi connectivity index (χ4v) is 4.65. The first kappa shape index (κ1) is 14.5. The summed E-state index contributed by atoms with van der Waals surface area (Å²) in [6.07, 6.45) is 6.42. The molecule has 108 valence electrons. The van der Waals surface area contributed by atoms with Gasteiger partial charge in [-0.15, -0.1) is 0 Å². The monoisotopic (exact) mass is 352 g/mol. The van der Waals surface area contributed by atoms with Crippen molar-refractivity contribution in [2.24, 2.45) is 10.9 Å². The van der Waals surface area contributed by atoms with Gasteiger partial charge in [-0.3, -0.25) is 4.99 Å². The second-order valence-corrected chi connectivity index (χ2v) is 7.56. The van der Waals surface area contributed by atoms with Crippen molar-refractivity contribution in [3.8, 4) is 0 Å². The average Bonchev–Trinajstić information content (AvgIpc) is 2.49. The molecule has 2 nitrogen and oxygen atoms in total. The van der Waals surface area contributed by atoms with Gasteiger partial charge in [0.2, 0.25) is 0 Å². The number of thioether (sulfide) groups is 1. The number of halogens is 1. The number of hydrogen-bond donors (Lipinski definition) is 1. The van der Waals surface area contributed by atoms with Crippen molar-refractivity contribution < 1.29 is 0 Å². The Morgan fingerprint density at radius 2 is 2.20 bits per heavy atom. The smallest absolute Gasteiger partial charge is 0.161 e. The summed E-state index contributed by atoms with van der Waals surface area (Å²) in [6, 6.07) is 7.01. The van der Waals surface area contributed by atoms with Gasteiger partial charge in [-0.2, -0.15) is 0 Å². The van der Waals surface area contributed by atoms with Gasteiger partial charge in [0, 0.05) is 15.9 Å². The lowest BCUT2D eigenvalue weighted by atomic mass is 9.86. The number of nitrogens with one attached hydrogen (secondary N) is 1. The Kier molecular flexibility index (Phi) is 4.72. The minimum atomic E-state index is 0.563. The molecule has 0 aromatic heterocycles. The summed E-state index contributed by atoms with van der Waals surface area (Å²) in [7, 11) is 0. The molecule has 1 heterocycles. The van der Waals surface area contributed by atoms with Gasteiger partial charge in [0.1, 0.15) is 0 Å². The van der Waals surface area contributed by atoms with E-state index >= 15 is 0 Å². The number of anilines is 1. The first-order valence-electron chi connectivity index (χ1n) is 7.52. The first-order chi connectivity index (χ1) is 9.76. The van der Waals surface area contributed by atoms with Crippen LogP contribution in [-0.2, 0) is 6.42 Å². The van der Waals surface area contributed by atoms with Crippen molar-refractivity contribution in [2.45, 2.75) is 45.1 Å². The third kappa shape index (κ3) is 3.22. The summed E-state index contributed by atoms with van der Waals surface area (Å²) in [4.78, 5) is 4.95. The van der Waals surface area contributed by atoms with Gasteiger partial charge in [0.05, 0.1) is 6.04 Å². The maximum Gasteiger partial charge on any atom is 0.161 e. The maximum atomic E-state index is 4.95. The molecule has 2 atom stereocenters. The highest BCUT2D eigenvalue weighted by Crippen LogP contribution is 2.34. The Balaban J connectivity index is 1.76. The van der Waals surface area contributed by atoms with Gasteiger partial charge in [-0.05, 0) is 48.9 Å². The number of aryl methyl sites for hydroxylation is 1. The van der Waals surface area contributed by atoms with Crippen molar-refractivity contribution in [1.29, 1.82) is 0 Å². The van der Waals surface area contributed by atoms with Crippen LogP contribution in [0.2, 0.25) is 0 Å². The molecule has 4 heteroatoms. The quantitative estimate of drug-likeness (QED) is 0.801. The lowest BCUT2D eigenvalue weighted by Gasteiger charge is -2.33. The van der Waals surface area contributed by atoms with Crippen LogP contribution in [0.1, 0.15) is 38.2 Å². The number of rotatable bonds is 2. The zero-order valence-corrected chi connectivity index (χ0v) is 14.3. The molecule has 20 heavy (non-hydrogen) atoms. The van der Waals surface area contributed by atoms with Gasteiger partial charge >= 0.3 is 0 Å². The molecule has 1 aliphatic heterocycles. The summed E-state index contributed by atoms with van der Waals surface area (Å²) < 4.78 is 1.14. The first-order valence-corrected chi connectivity index (χ1v) is 9.30. The van der Waals surface area contributed by atoms with Crippen molar-refractivity contribution in [3.63, 3.8) is 0 Å². The van der Waals surface area contributed by atoms with Crippen molar-refractivity contribution in [3.05, 3.63) is 28.2 Å². The molecule has 0 saturated heterocycles. The van der Waals surface area contributed by atoms with Crippen molar-refractivity contribution >= 4 is 38.5 Å².